The molecule has 114 valence electrons. The largest absolute Gasteiger partial charge is 0.494 e. The number of amides is 2. The van der Waals surface area contributed by atoms with E-state index in [1.165, 1.54) is 0 Å². The van der Waals surface area contributed by atoms with Gasteiger partial charge in [0.05, 0.1) is 12.5 Å². The SMILES string of the molecule is CCCNC(=O)[C@H]1CC(=O)N(c2ccc(OCC)cc2)C1. The zero-order valence-corrected chi connectivity index (χ0v) is 12.6. The van der Waals surface area contributed by atoms with Crippen molar-refractivity contribution in [3.05, 3.63) is 24.3 Å². The summed E-state index contributed by atoms with van der Waals surface area (Å²) in [5.74, 6) is 0.496. The fourth-order valence-electron chi connectivity index (χ4n) is 2.41. The first kappa shape index (κ1) is 15.4. The fourth-order valence-corrected chi connectivity index (χ4v) is 2.41. The molecule has 1 aromatic rings. The van der Waals surface area contributed by atoms with Gasteiger partial charge in [0.1, 0.15) is 5.75 Å². The van der Waals surface area contributed by atoms with E-state index in [0.29, 0.717) is 19.7 Å². The molecule has 1 saturated heterocycles. The third-order valence-electron chi connectivity index (χ3n) is 3.50. The van der Waals surface area contributed by atoms with Gasteiger partial charge in [0.2, 0.25) is 11.8 Å². The Labute approximate surface area is 125 Å². The Balaban J connectivity index is 2.00. The molecule has 0 aliphatic carbocycles. The van der Waals surface area contributed by atoms with Crippen molar-refractivity contribution in [2.24, 2.45) is 5.92 Å². The fraction of sp³-hybridized carbons (Fsp3) is 0.500. The number of nitrogens with zero attached hydrogens (tertiary/aromatic N) is 1. The highest BCUT2D eigenvalue weighted by Crippen LogP contribution is 2.26. The van der Waals surface area contributed by atoms with Crippen molar-refractivity contribution in [3.63, 3.8) is 0 Å². The number of anilines is 1. The third kappa shape index (κ3) is 3.74. The van der Waals surface area contributed by atoms with Crippen LogP contribution in [-0.2, 0) is 9.59 Å². The van der Waals surface area contributed by atoms with Crippen molar-refractivity contribution in [3.8, 4) is 5.75 Å². The molecule has 21 heavy (non-hydrogen) atoms. The molecule has 1 N–H and O–H groups in total. The van der Waals surface area contributed by atoms with Gasteiger partial charge in [-0.05, 0) is 37.6 Å². The van der Waals surface area contributed by atoms with Crippen molar-refractivity contribution < 1.29 is 14.3 Å². The van der Waals surface area contributed by atoms with Crippen LogP contribution >= 0.6 is 0 Å². The molecule has 1 aliphatic rings. The highest BCUT2D eigenvalue weighted by molar-refractivity contribution is 6.00. The maximum Gasteiger partial charge on any atom is 0.227 e. The van der Waals surface area contributed by atoms with Crippen LogP contribution in [0.25, 0.3) is 0 Å². The van der Waals surface area contributed by atoms with Crippen molar-refractivity contribution >= 4 is 17.5 Å². The molecule has 2 amide bonds. The second-order valence-electron chi connectivity index (χ2n) is 5.12. The van der Waals surface area contributed by atoms with Gasteiger partial charge in [-0.3, -0.25) is 9.59 Å². The normalized spacial score (nSPS) is 17.9. The van der Waals surface area contributed by atoms with Crippen LogP contribution in [0, 0.1) is 5.92 Å². The molecule has 1 aliphatic heterocycles. The van der Waals surface area contributed by atoms with Crippen molar-refractivity contribution in [1.29, 1.82) is 0 Å². The van der Waals surface area contributed by atoms with Gasteiger partial charge in [-0.2, -0.15) is 0 Å². The molecule has 0 radical (unpaired) electrons. The van der Waals surface area contributed by atoms with Gasteiger partial charge >= 0.3 is 0 Å². The molecule has 1 heterocycles. The second kappa shape index (κ2) is 7.11. The van der Waals surface area contributed by atoms with Gasteiger partial charge in [0.25, 0.3) is 0 Å². The molecular weight excluding hydrogens is 268 g/mol. The molecule has 5 heteroatoms. The van der Waals surface area contributed by atoms with Crippen LogP contribution in [0.1, 0.15) is 26.7 Å². The summed E-state index contributed by atoms with van der Waals surface area (Å²) in [7, 11) is 0. The molecule has 0 bridgehead atoms. The Hall–Kier alpha value is -2.04. The standard InChI is InChI=1S/C16H22N2O3/c1-3-9-17-16(20)12-10-15(19)18(11-12)13-5-7-14(8-6-13)21-4-2/h5-8,12H,3-4,9-11H2,1-2H3,(H,17,20)/t12-/m0/s1. The molecule has 1 aromatic carbocycles. The number of benzene rings is 1. The highest BCUT2D eigenvalue weighted by Gasteiger charge is 2.34. The monoisotopic (exact) mass is 290 g/mol. The van der Waals surface area contributed by atoms with Gasteiger partial charge in [0, 0.05) is 25.2 Å². The van der Waals surface area contributed by atoms with E-state index in [1.807, 2.05) is 38.1 Å². The zero-order valence-electron chi connectivity index (χ0n) is 12.6. The smallest absolute Gasteiger partial charge is 0.227 e. The summed E-state index contributed by atoms with van der Waals surface area (Å²) >= 11 is 0. The second-order valence-corrected chi connectivity index (χ2v) is 5.12. The van der Waals surface area contributed by atoms with Crippen LogP contribution in [0.4, 0.5) is 5.69 Å². The lowest BCUT2D eigenvalue weighted by Crippen LogP contribution is -2.33. The predicted octanol–water partition coefficient (Wildman–Crippen LogP) is 1.96. The quantitative estimate of drug-likeness (QED) is 0.871. The van der Waals surface area contributed by atoms with E-state index in [0.717, 1.165) is 17.9 Å². The minimum absolute atomic E-state index is 0.00388. The lowest BCUT2D eigenvalue weighted by Gasteiger charge is -2.17. The van der Waals surface area contributed by atoms with Crippen LogP contribution in [0.15, 0.2) is 24.3 Å². The number of nitrogens with one attached hydrogen (secondary N) is 1. The van der Waals surface area contributed by atoms with Crippen LogP contribution in [0.3, 0.4) is 0 Å². The number of ether oxygens (including phenoxy) is 1. The molecule has 1 atom stereocenters. The number of carbonyl (C=O) groups is 2. The molecule has 5 nitrogen and oxygen atoms in total. The molecule has 1 fully saturated rings. The van der Waals surface area contributed by atoms with Crippen LogP contribution in [0.2, 0.25) is 0 Å². The number of rotatable bonds is 6. The van der Waals surface area contributed by atoms with Crippen molar-refractivity contribution in [1.82, 2.24) is 5.32 Å². The van der Waals surface area contributed by atoms with Crippen LogP contribution in [-0.4, -0.2) is 31.5 Å². The van der Waals surface area contributed by atoms with Crippen molar-refractivity contribution in [2.75, 3.05) is 24.6 Å². The zero-order chi connectivity index (χ0) is 15.2. The van der Waals surface area contributed by atoms with E-state index >= 15 is 0 Å². The summed E-state index contributed by atoms with van der Waals surface area (Å²) in [4.78, 5) is 25.7. The summed E-state index contributed by atoms with van der Waals surface area (Å²) in [5, 5.41) is 2.85. The molecule has 0 saturated carbocycles. The van der Waals surface area contributed by atoms with E-state index < -0.39 is 0 Å². The third-order valence-corrected chi connectivity index (χ3v) is 3.50. The first-order chi connectivity index (χ1) is 10.2. The summed E-state index contributed by atoms with van der Waals surface area (Å²) < 4.78 is 5.39. The van der Waals surface area contributed by atoms with Crippen LogP contribution < -0.4 is 15.0 Å². The molecule has 2 rings (SSSR count). The topological polar surface area (TPSA) is 58.6 Å². The Morgan fingerprint density at radius 2 is 2.05 bits per heavy atom. The maximum atomic E-state index is 12.1. The first-order valence-corrected chi connectivity index (χ1v) is 7.46. The average Bonchev–Trinajstić information content (AvgIpc) is 2.88. The lowest BCUT2D eigenvalue weighted by molar-refractivity contribution is -0.126. The van der Waals surface area contributed by atoms with Crippen LogP contribution in [0.5, 0.6) is 5.75 Å². The van der Waals surface area contributed by atoms with E-state index in [9.17, 15) is 9.59 Å². The number of carbonyl (C=O) groups excluding carboxylic acids is 2. The van der Waals surface area contributed by atoms with Gasteiger partial charge in [0.15, 0.2) is 0 Å². The van der Waals surface area contributed by atoms with Gasteiger partial charge in [-0.15, -0.1) is 0 Å². The lowest BCUT2D eigenvalue weighted by atomic mass is 10.1. The molecule has 0 unspecified atom stereocenters. The van der Waals surface area contributed by atoms with E-state index in [2.05, 4.69) is 5.32 Å². The maximum absolute atomic E-state index is 12.1. The van der Waals surface area contributed by atoms with E-state index in [1.54, 1.807) is 4.90 Å². The number of hydrogen-bond donors (Lipinski definition) is 1. The summed E-state index contributed by atoms with van der Waals surface area (Å²) in [6.07, 6.45) is 1.18. The predicted molar refractivity (Wildman–Crippen MR) is 81.4 cm³/mol. The Morgan fingerprint density at radius 3 is 2.67 bits per heavy atom. The highest BCUT2D eigenvalue weighted by atomic mass is 16.5. The van der Waals surface area contributed by atoms with Gasteiger partial charge in [-0.25, -0.2) is 0 Å². The van der Waals surface area contributed by atoms with E-state index in [-0.39, 0.29) is 24.2 Å². The Kier molecular flexibility index (Phi) is 5.20. The summed E-state index contributed by atoms with van der Waals surface area (Å²) in [5.41, 5.74) is 0.814. The summed E-state index contributed by atoms with van der Waals surface area (Å²) in [6.45, 7) is 5.65. The minimum Gasteiger partial charge on any atom is -0.494 e. The van der Waals surface area contributed by atoms with Gasteiger partial charge in [-0.1, -0.05) is 6.92 Å². The van der Waals surface area contributed by atoms with Crippen molar-refractivity contribution in [2.45, 2.75) is 26.7 Å². The molecular formula is C16H22N2O3. The molecule has 0 spiro atoms. The summed E-state index contributed by atoms with van der Waals surface area (Å²) in [6, 6.07) is 7.40. The molecule has 0 aromatic heterocycles. The number of hydrogen-bond acceptors (Lipinski definition) is 3. The van der Waals surface area contributed by atoms with E-state index in [4.69, 9.17) is 4.74 Å². The Bertz CT molecular complexity index is 499. The van der Waals surface area contributed by atoms with Gasteiger partial charge < -0.3 is 15.0 Å². The average molecular weight is 290 g/mol. The first-order valence-electron chi connectivity index (χ1n) is 7.46. The minimum atomic E-state index is -0.254. The Morgan fingerprint density at radius 1 is 1.33 bits per heavy atom.